The van der Waals surface area contributed by atoms with Gasteiger partial charge in [0.05, 0.1) is 0 Å². The maximum absolute atomic E-state index is 12.2. The minimum absolute atomic E-state index is 0.230. The molecule has 5 nitrogen and oxygen atoms in total. The number of rotatable bonds is 5. The summed E-state index contributed by atoms with van der Waals surface area (Å²) in [4.78, 5) is 14.8. The van der Waals surface area contributed by atoms with E-state index in [1.165, 1.54) is 37.2 Å². The Morgan fingerprint density at radius 3 is 2.80 bits per heavy atom. The molecule has 1 fully saturated rings. The third-order valence-corrected chi connectivity index (χ3v) is 4.91. The highest BCUT2D eigenvalue weighted by molar-refractivity contribution is 5.93. The number of carbonyl (C=O) groups excluding carboxylic acids is 1. The van der Waals surface area contributed by atoms with E-state index in [0.29, 0.717) is 22.9 Å². The van der Waals surface area contributed by atoms with Gasteiger partial charge in [0.1, 0.15) is 5.56 Å². The van der Waals surface area contributed by atoms with E-state index in [1.807, 2.05) is 12.1 Å². The lowest BCUT2D eigenvalue weighted by molar-refractivity contribution is -0.605. The van der Waals surface area contributed by atoms with Gasteiger partial charge in [-0.1, -0.05) is 30.7 Å². The van der Waals surface area contributed by atoms with Crippen LogP contribution in [0.4, 0.5) is 0 Å². The number of nitrogens with one attached hydrogen (secondary N) is 1. The van der Waals surface area contributed by atoms with E-state index in [9.17, 15) is 10.0 Å². The number of amides is 1. The molecular formula is C20H25N3O2. The molecule has 5 heteroatoms. The summed E-state index contributed by atoms with van der Waals surface area (Å²) in [7, 11) is 0. The van der Waals surface area contributed by atoms with Crippen LogP contribution in [0.5, 0.6) is 0 Å². The number of likely N-dealkylation sites (tertiary alicyclic amines) is 1. The highest BCUT2D eigenvalue weighted by atomic mass is 16.5. The molecular weight excluding hydrogens is 314 g/mol. The average Bonchev–Trinajstić information content (AvgIpc) is 2.62. The van der Waals surface area contributed by atoms with Gasteiger partial charge in [-0.25, -0.2) is 0 Å². The molecule has 1 aromatic carbocycles. The number of benzene rings is 1. The molecule has 132 valence electrons. The van der Waals surface area contributed by atoms with Gasteiger partial charge in [-0.3, -0.25) is 9.69 Å². The Hall–Kier alpha value is -2.40. The number of nitrogens with zero attached hydrogens (tertiary/aromatic N) is 2. The molecule has 1 amide bonds. The van der Waals surface area contributed by atoms with Gasteiger partial charge in [-0.15, -0.1) is 0 Å². The van der Waals surface area contributed by atoms with Crippen molar-refractivity contribution in [1.82, 2.24) is 10.2 Å². The van der Waals surface area contributed by atoms with Crippen LogP contribution in [-0.2, 0) is 13.1 Å². The molecule has 0 spiro atoms. The lowest BCUT2D eigenvalue weighted by Gasteiger charge is -2.33. The van der Waals surface area contributed by atoms with E-state index >= 15 is 0 Å². The highest BCUT2D eigenvalue weighted by Crippen LogP contribution is 2.20. The Bertz CT molecular complexity index is 732. The van der Waals surface area contributed by atoms with E-state index in [-0.39, 0.29) is 5.91 Å². The van der Waals surface area contributed by atoms with Crippen molar-refractivity contribution in [3.8, 4) is 0 Å². The Balaban J connectivity index is 1.65. The maximum Gasteiger partial charge on any atom is 0.257 e. The molecule has 1 aromatic heterocycles. The van der Waals surface area contributed by atoms with Gasteiger partial charge in [0.2, 0.25) is 0 Å². The van der Waals surface area contributed by atoms with Crippen molar-refractivity contribution < 1.29 is 9.52 Å². The van der Waals surface area contributed by atoms with Crippen LogP contribution in [0.25, 0.3) is 0 Å². The van der Waals surface area contributed by atoms with Crippen molar-refractivity contribution in [3.05, 3.63) is 70.7 Å². The Kier molecular flexibility index (Phi) is 5.66. The predicted molar refractivity (Wildman–Crippen MR) is 96.7 cm³/mol. The van der Waals surface area contributed by atoms with E-state index < -0.39 is 0 Å². The summed E-state index contributed by atoms with van der Waals surface area (Å²) in [5, 5.41) is 14.2. The summed E-state index contributed by atoms with van der Waals surface area (Å²) in [6.45, 7) is 4.80. The first-order valence-electron chi connectivity index (χ1n) is 8.91. The van der Waals surface area contributed by atoms with Crippen LogP contribution in [0.3, 0.4) is 0 Å². The molecule has 0 aliphatic carbocycles. The minimum Gasteiger partial charge on any atom is -0.619 e. The number of piperidine rings is 1. The molecule has 3 rings (SSSR count). The van der Waals surface area contributed by atoms with Crippen molar-refractivity contribution in [2.75, 3.05) is 6.54 Å². The summed E-state index contributed by atoms with van der Waals surface area (Å²) < 4.78 is 0.639. The monoisotopic (exact) mass is 339 g/mol. The predicted octanol–water partition coefficient (Wildman–Crippen LogP) is 2.62. The smallest absolute Gasteiger partial charge is 0.257 e. The van der Waals surface area contributed by atoms with Crippen molar-refractivity contribution in [1.29, 1.82) is 0 Å². The minimum atomic E-state index is -0.230. The van der Waals surface area contributed by atoms with Crippen molar-refractivity contribution in [2.24, 2.45) is 0 Å². The van der Waals surface area contributed by atoms with Crippen LogP contribution in [0, 0.1) is 5.21 Å². The zero-order valence-electron chi connectivity index (χ0n) is 14.6. The molecule has 1 aliphatic rings. The fraction of sp³-hybridized carbons (Fsp3) is 0.400. The summed E-state index contributed by atoms with van der Waals surface area (Å²) in [5.41, 5.74) is 2.75. The molecule has 1 aliphatic heterocycles. The van der Waals surface area contributed by atoms with Crippen molar-refractivity contribution in [2.45, 2.75) is 45.3 Å². The van der Waals surface area contributed by atoms with Gasteiger partial charge in [0, 0.05) is 25.2 Å². The van der Waals surface area contributed by atoms with Crippen LogP contribution >= 0.6 is 0 Å². The first kappa shape index (κ1) is 17.4. The zero-order valence-corrected chi connectivity index (χ0v) is 14.6. The second-order valence-electron chi connectivity index (χ2n) is 6.72. The lowest BCUT2D eigenvalue weighted by Crippen LogP contribution is -2.37. The fourth-order valence-corrected chi connectivity index (χ4v) is 3.36. The largest absolute Gasteiger partial charge is 0.619 e. The van der Waals surface area contributed by atoms with E-state index in [4.69, 9.17) is 0 Å². The summed E-state index contributed by atoms with van der Waals surface area (Å²) in [6.07, 6.45) is 6.48. The molecule has 1 unspecified atom stereocenters. The number of carbonyl (C=O) groups is 1. The molecule has 2 heterocycles. The second-order valence-corrected chi connectivity index (χ2v) is 6.72. The van der Waals surface area contributed by atoms with Crippen LogP contribution in [-0.4, -0.2) is 23.4 Å². The van der Waals surface area contributed by atoms with Crippen LogP contribution in [0.1, 0.15) is 47.7 Å². The first-order valence-corrected chi connectivity index (χ1v) is 8.91. The molecule has 2 aromatic rings. The van der Waals surface area contributed by atoms with Gasteiger partial charge in [-0.05, 0) is 43.5 Å². The topological polar surface area (TPSA) is 59.3 Å². The maximum atomic E-state index is 12.2. The average molecular weight is 339 g/mol. The van der Waals surface area contributed by atoms with Crippen molar-refractivity contribution >= 4 is 5.91 Å². The van der Waals surface area contributed by atoms with Gasteiger partial charge in [0.15, 0.2) is 12.4 Å². The first-order chi connectivity index (χ1) is 12.1. The second kappa shape index (κ2) is 8.12. The van der Waals surface area contributed by atoms with Gasteiger partial charge < -0.3 is 10.5 Å². The SMILES string of the molecule is CC1CCCCN1Cc1ccccc1CNC(=O)c1ccc[n+]([O-])c1. The Labute approximate surface area is 148 Å². The summed E-state index contributed by atoms with van der Waals surface area (Å²) in [6, 6.07) is 12.1. The highest BCUT2D eigenvalue weighted by Gasteiger charge is 2.19. The third-order valence-electron chi connectivity index (χ3n) is 4.91. The molecule has 1 N–H and O–H groups in total. The van der Waals surface area contributed by atoms with Crippen molar-refractivity contribution in [3.63, 3.8) is 0 Å². The Morgan fingerprint density at radius 1 is 1.24 bits per heavy atom. The molecule has 1 atom stereocenters. The molecule has 0 saturated carbocycles. The standard InChI is InChI=1S/C20H25N3O2/c1-16-7-4-5-11-22(16)14-18-9-3-2-8-17(18)13-21-20(24)19-10-6-12-23(25)15-19/h2-3,6,8-10,12,15-16H,4-5,7,11,13-14H2,1H3,(H,21,24). The summed E-state index contributed by atoms with van der Waals surface area (Å²) in [5.74, 6) is -0.230. The van der Waals surface area contributed by atoms with Gasteiger partial charge in [0.25, 0.3) is 5.91 Å². The molecule has 1 saturated heterocycles. The lowest BCUT2D eigenvalue weighted by atomic mass is 10.0. The Morgan fingerprint density at radius 2 is 2.04 bits per heavy atom. The number of aromatic nitrogens is 1. The molecule has 0 bridgehead atoms. The number of pyridine rings is 1. The fourth-order valence-electron chi connectivity index (χ4n) is 3.36. The van der Waals surface area contributed by atoms with E-state index in [1.54, 1.807) is 12.1 Å². The molecule has 0 radical (unpaired) electrons. The molecule has 25 heavy (non-hydrogen) atoms. The van der Waals surface area contributed by atoms with Crippen LogP contribution < -0.4 is 10.0 Å². The normalized spacial score (nSPS) is 18.0. The quantitative estimate of drug-likeness (QED) is 0.673. The number of hydrogen-bond donors (Lipinski definition) is 1. The van der Waals surface area contributed by atoms with Crippen LogP contribution in [0.2, 0.25) is 0 Å². The van der Waals surface area contributed by atoms with E-state index in [0.717, 1.165) is 18.7 Å². The van der Waals surface area contributed by atoms with Gasteiger partial charge in [-0.2, -0.15) is 4.73 Å². The number of hydrogen-bond acceptors (Lipinski definition) is 3. The zero-order chi connectivity index (χ0) is 17.6. The van der Waals surface area contributed by atoms with E-state index in [2.05, 4.69) is 29.3 Å². The summed E-state index contributed by atoms with van der Waals surface area (Å²) >= 11 is 0. The van der Waals surface area contributed by atoms with Gasteiger partial charge >= 0.3 is 0 Å². The third kappa shape index (κ3) is 4.57. The van der Waals surface area contributed by atoms with Crippen LogP contribution in [0.15, 0.2) is 48.8 Å².